The van der Waals surface area contributed by atoms with Gasteiger partial charge in [-0.2, -0.15) is 0 Å². The Morgan fingerprint density at radius 1 is 1.16 bits per heavy atom. The Kier molecular flexibility index (Phi) is 2.80. The molecule has 3 aromatic rings. The summed E-state index contributed by atoms with van der Waals surface area (Å²) < 4.78 is 10.3. The third-order valence-corrected chi connectivity index (χ3v) is 3.27. The minimum Gasteiger partial charge on any atom is -0.497 e. The lowest BCUT2D eigenvalue weighted by Crippen LogP contribution is -1.83. The fourth-order valence-corrected chi connectivity index (χ4v) is 2.11. The number of aromatic nitrogens is 1. The Morgan fingerprint density at radius 3 is 2.58 bits per heavy atom. The highest BCUT2D eigenvalue weighted by molar-refractivity contribution is 6.36. The number of benzene rings is 2. The fourth-order valence-electron chi connectivity index (χ4n) is 1.91. The van der Waals surface area contributed by atoms with Gasteiger partial charge >= 0.3 is 0 Å². The van der Waals surface area contributed by atoms with Crippen LogP contribution in [0.1, 0.15) is 0 Å². The number of hydrogen-bond acceptors (Lipinski definition) is 3. The Morgan fingerprint density at radius 2 is 1.89 bits per heavy atom. The Bertz CT molecular complexity index is 734. The molecule has 2 aromatic carbocycles. The molecule has 5 heteroatoms. The maximum Gasteiger partial charge on any atom is 0.201 e. The van der Waals surface area contributed by atoms with E-state index >= 15 is 0 Å². The molecule has 0 N–H and O–H groups in total. The third-order valence-electron chi connectivity index (χ3n) is 2.91. The van der Waals surface area contributed by atoms with Crippen molar-refractivity contribution in [3.05, 3.63) is 41.4 Å². The number of rotatable bonds is 2. The van der Waals surface area contributed by atoms with Gasteiger partial charge in [0.1, 0.15) is 16.5 Å². The summed E-state index contributed by atoms with van der Waals surface area (Å²) in [5.74, 6) is 0.489. The topological polar surface area (TPSA) is 55.2 Å². The zero-order chi connectivity index (χ0) is 13.4. The summed E-state index contributed by atoms with van der Waals surface area (Å²) in [6.07, 6.45) is 0. The Balaban J connectivity index is 2.17. The number of ether oxygens (including phenoxy) is 1. The second-order valence-electron chi connectivity index (χ2n) is 4.01. The second-order valence-corrected chi connectivity index (χ2v) is 4.39. The van der Waals surface area contributed by atoms with E-state index in [4.69, 9.17) is 20.9 Å². The van der Waals surface area contributed by atoms with E-state index in [2.05, 4.69) is 5.16 Å². The maximum atomic E-state index is 11.4. The van der Waals surface area contributed by atoms with E-state index in [1.807, 2.05) is 24.3 Å². The van der Waals surface area contributed by atoms with Crippen LogP contribution < -0.4 is 4.74 Å². The molecule has 19 heavy (non-hydrogen) atoms. The molecule has 0 aliphatic heterocycles. The minimum absolute atomic E-state index is 0.0600. The van der Waals surface area contributed by atoms with Crippen molar-refractivity contribution < 1.29 is 14.4 Å². The van der Waals surface area contributed by atoms with Gasteiger partial charge in [0.05, 0.1) is 12.5 Å². The normalized spacial score (nSPS) is 10.8. The van der Waals surface area contributed by atoms with Gasteiger partial charge in [-0.1, -0.05) is 16.8 Å². The maximum absolute atomic E-state index is 11.4. The molecular weight excluding hydrogens is 266 g/mol. The summed E-state index contributed by atoms with van der Waals surface area (Å²) in [6.45, 7) is 0. The van der Waals surface area contributed by atoms with Gasteiger partial charge in [-0.15, -0.1) is 0 Å². The number of hydrogen-bond donors (Lipinski definition) is 0. The van der Waals surface area contributed by atoms with Gasteiger partial charge in [-0.3, -0.25) is 5.11 Å². The van der Waals surface area contributed by atoms with E-state index in [0.717, 1.165) is 16.7 Å². The lowest BCUT2D eigenvalue weighted by atomic mass is 10.1. The molecule has 0 bridgehead atoms. The molecule has 0 amide bonds. The SMILES string of the molecule is COc1ccc(-c2noc3c(Cl)c([O])ccc23)cc1. The van der Waals surface area contributed by atoms with Crippen LogP contribution in [-0.2, 0) is 5.11 Å². The van der Waals surface area contributed by atoms with E-state index in [1.165, 1.54) is 6.07 Å². The molecule has 0 saturated carbocycles. The molecule has 95 valence electrons. The minimum atomic E-state index is -0.272. The molecule has 0 atom stereocenters. The van der Waals surface area contributed by atoms with Crippen LogP contribution in [0, 0.1) is 0 Å². The van der Waals surface area contributed by atoms with E-state index in [1.54, 1.807) is 13.2 Å². The first-order chi connectivity index (χ1) is 9.20. The van der Waals surface area contributed by atoms with E-state index in [-0.39, 0.29) is 10.8 Å². The summed E-state index contributed by atoms with van der Waals surface area (Å²) in [7, 11) is 1.61. The molecule has 0 aliphatic rings. The average Bonchev–Trinajstić information content (AvgIpc) is 2.87. The quantitative estimate of drug-likeness (QED) is 0.700. The van der Waals surface area contributed by atoms with Crippen molar-refractivity contribution in [2.45, 2.75) is 0 Å². The Labute approximate surface area is 114 Å². The van der Waals surface area contributed by atoms with Gasteiger partial charge in [0.25, 0.3) is 0 Å². The standard InChI is InChI=1S/C14H9ClNO3/c1-18-9-4-2-8(3-5-9)13-10-6-7-11(17)12(15)14(10)19-16-13/h2-7H,1H3. The van der Waals surface area contributed by atoms with Crippen molar-refractivity contribution in [1.29, 1.82) is 0 Å². The number of nitrogens with zero attached hydrogens (tertiary/aromatic N) is 1. The van der Waals surface area contributed by atoms with Crippen LogP contribution in [0.25, 0.3) is 22.2 Å². The van der Waals surface area contributed by atoms with Gasteiger partial charge in [-0.05, 0) is 36.4 Å². The highest BCUT2D eigenvalue weighted by Gasteiger charge is 2.16. The zero-order valence-corrected chi connectivity index (χ0v) is 10.8. The number of halogens is 1. The summed E-state index contributed by atoms with van der Waals surface area (Å²) >= 11 is 5.91. The van der Waals surface area contributed by atoms with Crippen LogP contribution in [-0.4, -0.2) is 12.3 Å². The molecular formula is C14H9ClNO3. The molecule has 4 nitrogen and oxygen atoms in total. The van der Waals surface area contributed by atoms with Crippen LogP contribution in [0.4, 0.5) is 0 Å². The molecule has 0 aliphatic carbocycles. The molecule has 1 radical (unpaired) electrons. The monoisotopic (exact) mass is 274 g/mol. The number of methoxy groups -OCH3 is 1. The highest BCUT2D eigenvalue weighted by atomic mass is 35.5. The van der Waals surface area contributed by atoms with Crippen molar-refractivity contribution in [1.82, 2.24) is 5.16 Å². The van der Waals surface area contributed by atoms with Crippen LogP contribution in [0.3, 0.4) is 0 Å². The van der Waals surface area contributed by atoms with Crippen LogP contribution >= 0.6 is 11.6 Å². The largest absolute Gasteiger partial charge is 0.497 e. The van der Waals surface area contributed by atoms with Crippen molar-refractivity contribution in [3.63, 3.8) is 0 Å². The van der Waals surface area contributed by atoms with Crippen molar-refractivity contribution in [3.8, 4) is 22.8 Å². The average molecular weight is 275 g/mol. The smallest absolute Gasteiger partial charge is 0.201 e. The van der Waals surface area contributed by atoms with Gasteiger partial charge < -0.3 is 9.26 Å². The molecule has 0 spiro atoms. The third kappa shape index (κ3) is 1.90. The zero-order valence-electron chi connectivity index (χ0n) is 10.0. The van der Waals surface area contributed by atoms with Gasteiger partial charge in [-0.25, -0.2) is 0 Å². The summed E-state index contributed by atoms with van der Waals surface area (Å²) in [5.41, 5.74) is 1.84. The predicted molar refractivity (Wildman–Crippen MR) is 71.1 cm³/mol. The summed E-state index contributed by atoms with van der Waals surface area (Å²) in [6, 6.07) is 10.5. The first-order valence-corrected chi connectivity index (χ1v) is 5.98. The van der Waals surface area contributed by atoms with E-state index < -0.39 is 0 Å². The van der Waals surface area contributed by atoms with Crippen molar-refractivity contribution in [2.24, 2.45) is 0 Å². The van der Waals surface area contributed by atoms with Gasteiger partial charge in [0.15, 0.2) is 5.58 Å². The summed E-state index contributed by atoms with van der Waals surface area (Å²) in [5, 5.41) is 16.2. The first-order valence-electron chi connectivity index (χ1n) is 5.60. The van der Waals surface area contributed by atoms with Crippen LogP contribution in [0.15, 0.2) is 40.9 Å². The lowest BCUT2D eigenvalue weighted by Gasteiger charge is -2.00. The molecule has 0 unspecified atom stereocenters. The molecule has 0 saturated heterocycles. The number of fused-ring (bicyclic) bond motifs is 1. The summed E-state index contributed by atoms with van der Waals surface area (Å²) in [4.78, 5) is 0. The highest BCUT2D eigenvalue weighted by Crippen LogP contribution is 2.37. The van der Waals surface area contributed by atoms with Crippen molar-refractivity contribution >= 4 is 22.6 Å². The molecule has 1 aromatic heterocycles. The van der Waals surface area contributed by atoms with E-state index in [9.17, 15) is 5.11 Å². The van der Waals surface area contributed by atoms with Crippen molar-refractivity contribution in [2.75, 3.05) is 7.11 Å². The lowest BCUT2D eigenvalue weighted by molar-refractivity contribution is 0.354. The Hall–Kier alpha value is -2.20. The van der Waals surface area contributed by atoms with Crippen LogP contribution in [0.2, 0.25) is 5.02 Å². The molecule has 0 fully saturated rings. The predicted octanol–water partition coefficient (Wildman–Crippen LogP) is 4.30. The molecule has 3 rings (SSSR count). The fraction of sp³-hybridized carbons (Fsp3) is 0.0714. The van der Waals surface area contributed by atoms with Gasteiger partial charge in [0, 0.05) is 5.56 Å². The molecule has 1 heterocycles. The van der Waals surface area contributed by atoms with Gasteiger partial charge in [0.2, 0.25) is 5.75 Å². The van der Waals surface area contributed by atoms with E-state index in [0.29, 0.717) is 11.3 Å². The second kappa shape index (κ2) is 4.48. The van der Waals surface area contributed by atoms with Crippen LogP contribution in [0.5, 0.6) is 11.5 Å². The first kappa shape index (κ1) is 11.9.